The first-order valence-corrected chi connectivity index (χ1v) is 8.65. The van der Waals surface area contributed by atoms with E-state index in [0.29, 0.717) is 6.61 Å². The van der Waals surface area contributed by atoms with E-state index in [0.717, 1.165) is 29.7 Å². The summed E-state index contributed by atoms with van der Waals surface area (Å²) in [5.41, 5.74) is 3.42. The van der Waals surface area contributed by atoms with Crippen LogP contribution in [-0.2, 0) is 10.0 Å². The fraction of sp³-hybridized carbons (Fsp3) is 0.600. The molecule has 1 unspecified atom stereocenters. The summed E-state index contributed by atoms with van der Waals surface area (Å²) in [5.74, 6) is 0.748. The van der Waals surface area contributed by atoms with E-state index in [1.807, 2.05) is 33.8 Å². The number of primary sulfonamides is 1. The van der Waals surface area contributed by atoms with Crippen LogP contribution in [0.5, 0.6) is 5.75 Å². The van der Waals surface area contributed by atoms with Crippen LogP contribution in [0, 0.1) is 26.7 Å². The van der Waals surface area contributed by atoms with E-state index in [1.54, 1.807) is 0 Å². The molecule has 0 amide bonds. The van der Waals surface area contributed by atoms with Gasteiger partial charge in [0.25, 0.3) is 0 Å². The maximum Gasteiger partial charge on any atom is 0.209 e. The Morgan fingerprint density at radius 1 is 1.25 bits per heavy atom. The topological polar surface area (TPSA) is 69.4 Å². The smallest absolute Gasteiger partial charge is 0.209 e. The maximum absolute atomic E-state index is 11.2. The van der Waals surface area contributed by atoms with E-state index in [2.05, 4.69) is 6.07 Å². The van der Waals surface area contributed by atoms with Crippen LogP contribution in [0.4, 0.5) is 0 Å². The van der Waals surface area contributed by atoms with Gasteiger partial charge in [-0.25, -0.2) is 13.6 Å². The van der Waals surface area contributed by atoms with Crippen molar-refractivity contribution in [1.82, 2.24) is 0 Å². The number of nitrogens with two attached hydrogens (primary N) is 1. The van der Waals surface area contributed by atoms with E-state index in [1.165, 1.54) is 5.56 Å². The lowest BCUT2D eigenvalue weighted by Gasteiger charge is -2.18. The summed E-state index contributed by atoms with van der Waals surface area (Å²) in [6.45, 7) is 8.49. The van der Waals surface area contributed by atoms with Gasteiger partial charge in [-0.3, -0.25) is 0 Å². The molecule has 2 N–H and O–H groups in total. The molecule has 0 aromatic heterocycles. The predicted octanol–water partition coefficient (Wildman–Crippen LogP) is 2.70. The van der Waals surface area contributed by atoms with E-state index >= 15 is 0 Å². The van der Waals surface area contributed by atoms with Crippen molar-refractivity contribution < 1.29 is 13.2 Å². The first-order chi connectivity index (χ1) is 9.23. The van der Waals surface area contributed by atoms with E-state index in [9.17, 15) is 8.42 Å². The minimum Gasteiger partial charge on any atom is -0.493 e. The van der Waals surface area contributed by atoms with Crippen molar-refractivity contribution in [3.05, 3.63) is 28.8 Å². The third-order valence-electron chi connectivity index (χ3n) is 3.40. The second-order valence-electron chi connectivity index (χ2n) is 5.50. The largest absolute Gasteiger partial charge is 0.493 e. The standard InChI is InChI=1S/C15H25NO3S/c1-5-6-14(10-20(16,17)18)9-19-15-8-11(2)7-12(3)13(15)4/h7-8,14H,5-6,9-10H2,1-4H3,(H2,16,17,18). The number of hydrogen-bond acceptors (Lipinski definition) is 3. The van der Waals surface area contributed by atoms with Crippen LogP contribution in [0.15, 0.2) is 12.1 Å². The van der Waals surface area contributed by atoms with Crippen molar-refractivity contribution in [3.8, 4) is 5.75 Å². The number of aryl methyl sites for hydroxylation is 2. The van der Waals surface area contributed by atoms with Gasteiger partial charge in [-0.15, -0.1) is 0 Å². The summed E-state index contributed by atoms with van der Waals surface area (Å²) >= 11 is 0. The third-order valence-corrected chi connectivity index (χ3v) is 4.34. The molecule has 5 heteroatoms. The van der Waals surface area contributed by atoms with Crippen LogP contribution < -0.4 is 9.88 Å². The van der Waals surface area contributed by atoms with Crippen molar-refractivity contribution in [2.24, 2.45) is 11.1 Å². The Balaban J connectivity index is 2.77. The molecule has 0 aliphatic heterocycles. The van der Waals surface area contributed by atoms with Gasteiger partial charge in [0.15, 0.2) is 0 Å². The molecule has 0 spiro atoms. The molecule has 0 aliphatic carbocycles. The van der Waals surface area contributed by atoms with Gasteiger partial charge in [0.2, 0.25) is 10.0 Å². The second kappa shape index (κ2) is 7.09. The monoisotopic (exact) mass is 299 g/mol. The van der Waals surface area contributed by atoms with Crippen molar-refractivity contribution in [2.45, 2.75) is 40.5 Å². The Morgan fingerprint density at radius 2 is 1.90 bits per heavy atom. The molecule has 0 saturated carbocycles. The molecule has 20 heavy (non-hydrogen) atoms. The Hall–Kier alpha value is -1.07. The highest BCUT2D eigenvalue weighted by molar-refractivity contribution is 7.89. The highest BCUT2D eigenvalue weighted by atomic mass is 32.2. The molecule has 0 heterocycles. The maximum atomic E-state index is 11.2. The van der Waals surface area contributed by atoms with Crippen molar-refractivity contribution in [2.75, 3.05) is 12.4 Å². The van der Waals surface area contributed by atoms with Gasteiger partial charge in [0, 0.05) is 5.92 Å². The lowest BCUT2D eigenvalue weighted by Crippen LogP contribution is -2.27. The fourth-order valence-electron chi connectivity index (χ4n) is 2.31. The van der Waals surface area contributed by atoms with Gasteiger partial charge in [-0.05, 0) is 49.9 Å². The quantitative estimate of drug-likeness (QED) is 0.841. The number of rotatable bonds is 7. The zero-order valence-electron chi connectivity index (χ0n) is 12.8. The number of benzene rings is 1. The average Bonchev–Trinajstić information content (AvgIpc) is 2.30. The van der Waals surface area contributed by atoms with Gasteiger partial charge in [-0.2, -0.15) is 0 Å². The van der Waals surface area contributed by atoms with Gasteiger partial charge in [0.1, 0.15) is 5.75 Å². The fourth-order valence-corrected chi connectivity index (χ4v) is 3.23. The van der Waals surface area contributed by atoms with E-state index in [-0.39, 0.29) is 11.7 Å². The van der Waals surface area contributed by atoms with Crippen LogP contribution in [0.25, 0.3) is 0 Å². The van der Waals surface area contributed by atoms with Crippen molar-refractivity contribution in [3.63, 3.8) is 0 Å². The highest BCUT2D eigenvalue weighted by Gasteiger charge is 2.16. The summed E-state index contributed by atoms with van der Waals surface area (Å²) < 4.78 is 28.3. The number of hydrogen-bond donors (Lipinski definition) is 1. The minimum absolute atomic E-state index is 0.0231. The first kappa shape index (κ1) is 17.0. The summed E-state index contributed by atoms with van der Waals surface area (Å²) in [7, 11) is -3.46. The average molecular weight is 299 g/mol. The van der Waals surface area contributed by atoms with Crippen molar-refractivity contribution in [1.29, 1.82) is 0 Å². The van der Waals surface area contributed by atoms with Crippen LogP contribution in [0.3, 0.4) is 0 Å². The van der Waals surface area contributed by atoms with Crippen molar-refractivity contribution >= 4 is 10.0 Å². The van der Waals surface area contributed by atoms with Crippen LogP contribution in [-0.4, -0.2) is 20.8 Å². The molecular weight excluding hydrogens is 274 g/mol. The molecule has 1 aromatic rings. The molecule has 4 nitrogen and oxygen atoms in total. The molecular formula is C15H25NO3S. The van der Waals surface area contributed by atoms with E-state index in [4.69, 9.17) is 9.88 Å². The zero-order chi connectivity index (χ0) is 15.3. The Kier molecular flexibility index (Phi) is 6.02. The second-order valence-corrected chi connectivity index (χ2v) is 7.16. The number of ether oxygens (including phenoxy) is 1. The summed E-state index contributed by atoms with van der Waals surface area (Å²) in [4.78, 5) is 0. The lowest BCUT2D eigenvalue weighted by molar-refractivity contribution is 0.251. The predicted molar refractivity (Wildman–Crippen MR) is 82.5 cm³/mol. The molecule has 0 aliphatic rings. The minimum atomic E-state index is -3.46. The third kappa shape index (κ3) is 5.51. The van der Waals surface area contributed by atoms with Crippen LogP contribution in [0.1, 0.15) is 36.5 Å². The molecule has 0 bridgehead atoms. The molecule has 0 fully saturated rings. The zero-order valence-corrected chi connectivity index (χ0v) is 13.6. The Labute approximate surface area is 122 Å². The van der Waals surface area contributed by atoms with Crippen LogP contribution >= 0.6 is 0 Å². The van der Waals surface area contributed by atoms with Crippen LogP contribution in [0.2, 0.25) is 0 Å². The summed E-state index contributed by atoms with van der Waals surface area (Å²) in [6, 6.07) is 4.10. The molecule has 1 atom stereocenters. The van der Waals surface area contributed by atoms with Gasteiger partial charge in [0.05, 0.1) is 12.4 Å². The Bertz CT molecular complexity index is 552. The lowest BCUT2D eigenvalue weighted by atomic mass is 10.1. The molecule has 1 aromatic carbocycles. The summed E-state index contributed by atoms with van der Waals surface area (Å²) in [5, 5.41) is 5.13. The van der Waals surface area contributed by atoms with Gasteiger partial charge in [-0.1, -0.05) is 19.4 Å². The highest BCUT2D eigenvalue weighted by Crippen LogP contribution is 2.24. The SMILES string of the molecule is CCCC(COc1cc(C)cc(C)c1C)CS(N)(=O)=O. The summed E-state index contributed by atoms with van der Waals surface area (Å²) in [6.07, 6.45) is 1.70. The Morgan fingerprint density at radius 3 is 2.45 bits per heavy atom. The molecule has 114 valence electrons. The van der Waals surface area contributed by atoms with Gasteiger partial charge < -0.3 is 4.74 Å². The molecule has 1 rings (SSSR count). The first-order valence-electron chi connectivity index (χ1n) is 6.94. The van der Waals surface area contributed by atoms with E-state index < -0.39 is 10.0 Å². The molecule has 0 saturated heterocycles. The molecule has 0 radical (unpaired) electrons. The number of sulfonamides is 1. The van der Waals surface area contributed by atoms with Gasteiger partial charge >= 0.3 is 0 Å². The normalized spacial score (nSPS) is 13.2.